The van der Waals surface area contributed by atoms with E-state index >= 15 is 0 Å². The molecule has 4 nitrogen and oxygen atoms in total. The molecule has 0 aliphatic carbocycles. The van der Waals surface area contributed by atoms with Crippen molar-refractivity contribution >= 4 is 28.2 Å². The molecule has 1 aromatic carbocycles. The molecule has 0 fully saturated rings. The summed E-state index contributed by atoms with van der Waals surface area (Å²) in [5.74, 6) is 1.09. The minimum absolute atomic E-state index is 0.214. The molecule has 96 valence electrons. The van der Waals surface area contributed by atoms with Crippen LogP contribution in [0.1, 0.15) is 5.76 Å². The minimum atomic E-state index is 0.214. The number of para-hydroxylation sites is 1. The fourth-order valence-electron chi connectivity index (χ4n) is 1.66. The molecular formula is C13H16N2O2S. The van der Waals surface area contributed by atoms with Crippen LogP contribution in [0.2, 0.25) is 0 Å². The van der Waals surface area contributed by atoms with Gasteiger partial charge in [-0.25, -0.2) is 0 Å². The summed E-state index contributed by atoms with van der Waals surface area (Å²) >= 11 is 4.99. The highest BCUT2D eigenvalue weighted by Gasteiger charge is 2.17. The van der Waals surface area contributed by atoms with E-state index in [0.29, 0.717) is 18.1 Å². The number of furan rings is 1. The second-order valence-electron chi connectivity index (χ2n) is 4.27. The number of thiocarbonyl (C=S) groups is 1. The predicted molar refractivity (Wildman–Crippen MR) is 76.2 cm³/mol. The Hall–Kier alpha value is -1.59. The van der Waals surface area contributed by atoms with Gasteiger partial charge in [0.05, 0.1) is 5.39 Å². The van der Waals surface area contributed by atoms with Gasteiger partial charge in [0.15, 0.2) is 5.75 Å². The molecule has 0 aliphatic heterocycles. The molecule has 1 aromatic heterocycles. The highest BCUT2D eigenvalue weighted by Crippen LogP contribution is 2.32. The lowest BCUT2D eigenvalue weighted by molar-refractivity contribution is 0.261. The van der Waals surface area contributed by atoms with Crippen LogP contribution < -0.4 is 10.5 Å². The number of benzene rings is 1. The SMILES string of the molecule is CN(C)CCOc1c(C(N)=S)oc2ccccc12. The second-order valence-corrected chi connectivity index (χ2v) is 4.71. The summed E-state index contributed by atoms with van der Waals surface area (Å²) in [5, 5.41) is 0.902. The largest absolute Gasteiger partial charge is 0.487 e. The molecule has 0 saturated heterocycles. The van der Waals surface area contributed by atoms with Gasteiger partial charge in [0, 0.05) is 6.54 Å². The zero-order valence-corrected chi connectivity index (χ0v) is 11.3. The lowest BCUT2D eigenvalue weighted by atomic mass is 10.2. The van der Waals surface area contributed by atoms with Gasteiger partial charge >= 0.3 is 0 Å². The van der Waals surface area contributed by atoms with E-state index < -0.39 is 0 Å². The van der Waals surface area contributed by atoms with Gasteiger partial charge in [0.1, 0.15) is 17.2 Å². The Morgan fingerprint density at radius 3 is 2.78 bits per heavy atom. The van der Waals surface area contributed by atoms with E-state index in [1.54, 1.807) is 0 Å². The standard InChI is InChI=1S/C13H16N2O2S/c1-15(2)7-8-16-11-9-5-3-4-6-10(9)17-12(11)13(14)18/h3-6H,7-8H2,1-2H3,(H2,14,18). The summed E-state index contributed by atoms with van der Waals surface area (Å²) in [6.45, 7) is 1.38. The van der Waals surface area contributed by atoms with Crippen LogP contribution in [-0.4, -0.2) is 37.1 Å². The van der Waals surface area contributed by atoms with Crippen LogP contribution >= 0.6 is 12.2 Å². The summed E-state index contributed by atoms with van der Waals surface area (Å²) in [6.07, 6.45) is 0. The molecule has 0 radical (unpaired) electrons. The van der Waals surface area contributed by atoms with Gasteiger partial charge in [0.2, 0.25) is 5.76 Å². The summed E-state index contributed by atoms with van der Waals surface area (Å²) in [7, 11) is 3.98. The molecule has 18 heavy (non-hydrogen) atoms. The minimum Gasteiger partial charge on any atom is -0.487 e. The summed E-state index contributed by atoms with van der Waals surface area (Å²) < 4.78 is 11.4. The van der Waals surface area contributed by atoms with Crippen molar-refractivity contribution in [3.8, 4) is 5.75 Å². The van der Waals surface area contributed by atoms with E-state index in [1.807, 2.05) is 43.3 Å². The van der Waals surface area contributed by atoms with Gasteiger partial charge in [-0.05, 0) is 26.2 Å². The first-order valence-corrected chi connectivity index (χ1v) is 6.09. The third-order valence-corrected chi connectivity index (χ3v) is 2.74. The third-order valence-electron chi connectivity index (χ3n) is 2.56. The average Bonchev–Trinajstić information content (AvgIpc) is 2.68. The molecular weight excluding hydrogens is 248 g/mol. The van der Waals surface area contributed by atoms with Crippen LogP contribution in [0.4, 0.5) is 0 Å². The Bertz CT molecular complexity index is 563. The number of hydrogen-bond acceptors (Lipinski definition) is 4. The van der Waals surface area contributed by atoms with E-state index in [0.717, 1.165) is 17.5 Å². The van der Waals surface area contributed by atoms with Crippen molar-refractivity contribution in [2.75, 3.05) is 27.2 Å². The summed E-state index contributed by atoms with van der Waals surface area (Å²) in [5.41, 5.74) is 6.39. The second kappa shape index (κ2) is 5.37. The molecule has 0 spiro atoms. The number of fused-ring (bicyclic) bond motifs is 1. The number of ether oxygens (including phenoxy) is 1. The van der Waals surface area contributed by atoms with Crippen molar-refractivity contribution in [1.29, 1.82) is 0 Å². The van der Waals surface area contributed by atoms with Gasteiger partial charge in [-0.3, -0.25) is 0 Å². The van der Waals surface area contributed by atoms with Crippen LogP contribution in [0.25, 0.3) is 11.0 Å². The van der Waals surface area contributed by atoms with Crippen LogP contribution in [0.5, 0.6) is 5.75 Å². The summed E-state index contributed by atoms with van der Waals surface area (Å²) in [4.78, 5) is 2.26. The molecule has 0 amide bonds. The number of rotatable bonds is 5. The van der Waals surface area contributed by atoms with Gasteiger partial charge in [-0.2, -0.15) is 0 Å². The lowest BCUT2D eigenvalue weighted by Gasteiger charge is -2.10. The lowest BCUT2D eigenvalue weighted by Crippen LogP contribution is -2.20. The Labute approximate surface area is 111 Å². The van der Waals surface area contributed by atoms with Crippen molar-refractivity contribution < 1.29 is 9.15 Å². The van der Waals surface area contributed by atoms with E-state index in [2.05, 4.69) is 0 Å². The molecule has 2 N–H and O–H groups in total. The van der Waals surface area contributed by atoms with Crippen LogP contribution in [0.15, 0.2) is 28.7 Å². The van der Waals surface area contributed by atoms with E-state index in [1.165, 1.54) is 0 Å². The third kappa shape index (κ3) is 2.63. The Kier molecular flexibility index (Phi) is 3.84. The highest BCUT2D eigenvalue weighted by atomic mass is 32.1. The van der Waals surface area contributed by atoms with Gasteiger partial charge in [-0.15, -0.1) is 0 Å². The molecule has 0 atom stereocenters. The number of hydrogen-bond donors (Lipinski definition) is 1. The maximum atomic E-state index is 5.76. The van der Waals surface area contributed by atoms with Crippen molar-refractivity contribution in [3.05, 3.63) is 30.0 Å². The predicted octanol–water partition coefficient (Wildman–Crippen LogP) is 2.01. The van der Waals surface area contributed by atoms with E-state index in [4.69, 9.17) is 27.1 Å². The van der Waals surface area contributed by atoms with Crippen LogP contribution in [-0.2, 0) is 0 Å². The fourth-order valence-corrected chi connectivity index (χ4v) is 1.79. The quantitative estimate of drug-likeness (QED) is 0.837. The van der Waals surface area contributed by atoms with Crippen molar-refractivity contribution in [2.24, 2.45) is 5.73 Å². The fraction of sp³-hybridized carbons (Fsp3) is 0.308. The van der Waals surface area contributed by atoms with E-state index in [9.17, 15) is 0 Å². The normalized spacial score (nSPS) is 11.1. The first-order valence-electron chi connectivity index (χ1n) is 5.68. The Balaban J connectivity index is 2.33. The molecule has 5 heteroatoms. The van der Waals surface area contributed by atoms with Crippen LogP contribution in [0.3, 0.4) is 0 Å². The van der Waals surface area contributed by atoms with Crippen LogP contribution in [0, 0.1) is 0 Å². The van der Waals surface area contributed by atoms with Gasteiger partial charge < -0.3 is 19.8 Å². The topological polar surface area (TPSA) is 51.6 Å². The number of nitrogens with zero attached hydrogens (tertiary/aromatic N) is 1. The maximum absolute atomic E-state index is 5.76. The Morgan fingerprint density at radius 1 is 1.39 bits per heavy atom. The van der Waals surface area contributed by atoms with Gasteiger partial charge in [-0.1, -0.05) is 24.4 Å². The first-order chi connectivity index (χ1) is 8.59. The molecule has 2 rings (SSSR count). The Morgan fingerprint density at radius 2 is 2.11 bits per heavy atom. The smallest absolute Gasteiger partial charge is 0.204 e. The monoisotopic (exact) mass is 264 g/mol. The first kappa shape index (κ1) is 12.9. The molecule has 2 aromatic rings. The van der Waals surface area contributed by atoms with Crippen molar-refractivity contribution in [2.45, 2.75) is 0 Å². The van der Waals surface area contributed by atoms with Crippen molar-refractivity contribution in [1.82, 2.24) is 4.90 Å². The zero-order valence-electron chi connectivity index (χ0n) is 10.5. The highest BCUT2D eigenvalue weighted by molar-refractivity contribution is 7.80. The molecule has 0 bridgehead atoms. The molecule has 1 heterocycles. The average molecular weight is 264 g/mol. The number of likely N-dealkylation sites (N-methyl/N-ethyl adjacent to an activating group) is 1. The van der Waals surface area contributed by atoms with Gasteiger partial charge in [0.25, 0.3) is 0 Å². The molecule has 0 saturated carbocycles. The van der Waals surface area contributed by atoms with Crippen molar-refractivity contribution in [3.63, 3.8) is 0 Å². The summed E-state index contributed by atoms with van der Waals surface area (Å²) in [6, 6.07) is 7.64. The zero-order chi connectivity index (χ0) is 13.1. The molecule has 0 unspecified atom stereocenters. The maximum Gasteiger partial charge on any atom is 0.204 e. The molecule has 0 aliphatic rings. The van der Waals surface area contributed by atoms with E-state index in [-0.39, 0.29) is 4.99 Å². The number of nitrogens with two attached hydrogens (primary N) is 1.